The van der Waals surface area contributed by atoms with Gasteiger partial charge in [-0.1, -0.05) is 32.8 Å². The summed E-state index contributed by atoms with van der Waals surface area (Å²) < 4.78 is 2.01. The predicted octanol–water partition coefficient (Wildman–Crippen LogP) is 4.54. The number of rotatable bonds is 6. The molecule has 1 aliphatic carbocycles. The third kappa shape index (κ3) is 4.44. The lowest BCUT2D eigenvalue weighted by molar-refractivity contribution is 0.402. The topological polar surface area (TPSA) is 120 Å². The maximum Gasteiger partial charge on any atom is 0.225 e. The zero-order valence-corrected chi connectivity index (χ0v) is 18.9. The number of fused-ring (bicyclic) bond motifs is 1. The van der Waals surface area contributed by atoms with Crippen LogP contribution in [0, 0.1) is 0 Å². The molecule has 0 radical (unpaired) electrons. The number of anilines is 4. The Labute approximate surface area is 183 Å². The van der Waals surface area contributed by atoms with Crippen LogP contribution in [0.1, 0.15) is 71.0 Å². The standard InChI is InChI=1S/C23H34N8/c1-13(2)19-20-21(31(30-19)14(3)4)22(26-16-9-7-8-15(24)12-16)29-23(28-20)27-18-11-6-5-10-17(18)25/h7-9,12-14,17-18H,5-6,10-11,24-25H2,1-4H3,(H2,26,27,28,29). The fraction of sp³-hybridized carbons (Fsp3) is 0.522. The minimum atomic E-state index is 0.112. The Kier molecular flexibility index (Phi) is 6.00. The van der Waals surface area contributed by atoms with Gasteiger partial charge < -0.3 is 22.1 Å². The third-order valence-corrected chi connectivity index (χ3v) is 5.89. The van der Waals surface area contributed by atoms with Crippen LogP contribution in [0.2, 0.25) is 0 Å². The molecule has 0 aliphatic heterocycles. The average Bonchev–Trinajstić information content (AvgIpc) is 3.10. The van der Waals surface area contributed by atoms with Crippen LogP contribution in [0.3, 0.4) is 0 Å². The van der Waals surface area contributed by atoms with Gasteiger partial charge in [0.25, 0.3) is 0 Å². The van der Waals surface area contributed by atoms with Gasteiger partial charge in [0.2, 0.25) is 5.95 Å². The van der Waals surface area contributed by atoms with Crippen LogP contribution < -0.4 is 22.1 Å². The highest BCUT2D eigenvalue weighted by Gasteiger charge is 2.25. The molecule has 2 unspecified atom stereocenters. The lowest BCUT2D eigenvalue weighted by Gasteiger charge is -2.29. The lowest BCUT2D eigenvalue weighted by atomic mass is 9.91. The van der Waals surface area contributed by atoms with Gasteiger partial charge in [-0.15, -0.1) is 0 Å². The molecule has 0 spiro atoms. The van der Waals surface area contributed by atoms with Gasteiger partial charge >= 0.3 is 0 Å². The van der Waals surface area contributed by atoms with Crippen LogP contribution in [-0.4, -0.2) is 31.8 Å². The van der Waals surface area contributed by atoms with Crippen molar-refractivity contribution < 1.29 is 0 Å². The Morgan fingerprint density at radius 2 is 1.87 bits per heavy atom. The summed E-state index contributed by atoms with van der Waals surface area (Å²) in [5.74, 6) is 1.55. The molecule has 4 rings (SSSR count). The molecule has 6 N–H and O–H groups in total. The lowest BCUT2D eigenvalue weighted by Crippen LogP contribution is -2.43. The van der Waals surface area contributed by atoms with Gasteiger partial charge in [-0.25, -0.2) is 4.98 Å². The van der Waals surface area contributed by atoms with E-state index in [0.29, 0.717) is 11.6 Å². The van der Waals surface area contributed by atoms with E-state index in [1.165, 1.54) is 12.8 Å². The molecule has 1 aliphatic rings. The molecule has 1 aromatic carbocycles. The summed E-state index contributed by atoms with van der Waals surface area (Å²) in [6.07, 6.45) is 4.41. The molecule has 8 nitrogen and oxygen atoms in total. The predicted molar refractivity (Wildman–Crippen MR) is 128 cm³/mol. The van der Waals surface area contributed by atoms with E-state index in [1.54, 1.807) is 0 Å². The van der Waals surface area contributed by atoms with Gasteiger partial charge in [0.05, 0.1) is 5.69 Å². The van der Waals surface area contributed by atoms with E-state index in [2.05, 4.69) is 38.3 Å². The SMILES string of the molecule is CC(C)c1nn(C(C)C)c2c(Nc3cccc(N)c3)nc(NC3CCCCC3N)nc12. The van der Waals surface area contributed by atoms with Crippen molar-refractivity contribution >= 4 is 34.2 Å². The van der Waals surface area contributed by atoms with Crippen molar-refractivity contribution in [3.63, 3.8) is 0 Å². The van der Waals surface area contributed by atoms with Crippen LogP contribution in [-0.2, 0) is 0 Å². The maximum absolute atomic E-state index is 6.38. The number of nitrogens with one attached hydrogen (secondary N) is 2. The first kappa shape index (κ1) is 21.4. The first-order chi connectivity index (χ1) is 14.8. The third-order valence-electron chi connectivity index (χ3n) is 5.89. The maximum atomic E-state index is 6.38. The number of nitrogen functional groups attached to an aromatic ring is 1. The van der Waals surface area contributed by atoms with Crippen molar-refractivity contribution in [2.24, 2.45) is 5.73 Å². The molecule has 0 bridgehead atoms. The minimum absolute atomic E-state index is 0.112. The van der Waals surface area contributed by atoms with Gasteiger partial charge in [-0.2, -0.15) is 10.1 Å². The highest BCUT2D eigenvalue weighted by molar-refractivity contribution is 5.91. The molecule has 0 amide bonds. The molecule has 0 saturated heterocycles. The number of nitrogens with zero attached hydrogens (tertiary/aromatic N) is 4. The van der Waals surface area contributed by atoms with Gasteiger partial charge in [0.15, 0.2) is 5.82 Å². The van der Waals surface area contributed by atoms with E-state index in [-0.39, 0.29) is 24.0 Å². The Morgan fingerprint density at radius 3 is 2.55 bits per heavy atom. The van der Waals surface area contributed by atoms with Crippen molar-refractivity contribution in [2.45, 2.75) is 77.4 Å². The Morgan fingerprint density at radius 1 is 1.10 bits per heavy atom. The summed E-state index contributed by atoms with van der Waals surface area (Å²) in [5, 5.41) is 11.9. The monoisotopic (exact) mass is 422 g/mol. The fourth-order valence-corrected chi connectivity index (χ4v) is 4.24. The van der Waals surface area contributed by atoms with Crippen LogP contribution in [0.5, 0.6) is 0 Å². The van der Waals surface area contributed by atoms with Gasteiger partial charge in [0, 0.05) is 29.5 Å². The van der Waals surface area contributed by atoms with Gasteiger partial charge in [-0.05, 0) is 50.8 Å². The number of aromatic nitrogens is 4. The molecule has 1 fully saturated rings. The smallest absolute Gasteiger partial charge is 0.225 e. The molecule has 8 heteroatoms. The highest BCUT2D eigenvalue weighted by atomic mass is 15.3. The number of benzene rings is 1. The van der Waals surface area contributed by atoms with Crippen LogP contribution in [0.25, 0.3) is 11.0 Å². The van der Waals surface area contributed by atoms with Crippen molar-refractivity contribution in [3.05, 3.63) is 30.0 Å². The van der Waals surface area contributed by atoms with E-state index >= 15 is 0 Å². The van der Waals surface area contributed by atoms with Crippen molar-refractivity contribution in [3.8, 4) is 0 Å². The number of hydrogen-bond donors (Lipinski definition) is 4. The Bertz CT molecular complexity index is 1060. The quantitative estimate of drug-likeness (QED) is 0.431. The summed E-state index contributed by atoms with van der Waals surface area (Å²) in [7, 11) is 0. The van der Waals surface area contributed by atoms with E-state index < -0.39 is 0 Å². The summed E-state index contributed by atoms with van der Waals surface area (Å²) in [4.78, 5) is 9.80. The van der Waals surface area contributed by atoms with E-state index in [4.69, 9.17) is 26.5 Å². The normalized spacial score (nSPS) is 19.3. The van der Waals surface area contributed by atoms with E-state index in [9.17, 15) is 0 Å². The number of hydrogen-bond acceptors (Lipinski definition) is 7. The highest BCUT2D eigenvalue weighted by Crippen LogP contribution is 2.33. The summed E-state index contributed by atoms with van der Waals surface area (Å²) in [6.45, 7) is 8.52. The molecular weight excluding hydrogens is 388 g/mol. The second-order valence-electron chi connectivity index (χ2n) is 9.12. The fourth-order valence-electron chi connectivity index (χ4n) is 4.24. The first-order valence-corrected chi connectivity index (χ1v) is 11.3. The second-order valence-corrected chi connectivity index (χ2v) is 9.12. The van der Waals surface area contributed by atoms with Crippen LogP contribution in [0.4, 0.5) is 23.1 Å². The largest absolute Gasteiger partial charge is 0.399 e. The summed E-state index contributed by atoms with van der Waals surface area (Å²) in [5.41, 5.74) is 16.7. The molecule has 2 heterocycles. The van der Waals surface area contributed by atoms with E-state index in [1.807, 2.05) is 28.9 Å². The zero-order valence-electron chi connectivity index (χ0n) is 18.9. The minimum Gasteiger partial charge on any atom is -0.399 e. The van der Waals surface area contributed by atoms with Crippen LogP contribution >= 0.6 is 0 Å². The molecule has 166 valence electrons. The second kappa shape index (κ2) is 8.70. The zero-order chi connectivity index (χ0) is 22.1. The summed E-state index contributed by atoms with van der Waals surface area (Å²) >= 11 is 0. The van der Waals surface area contributed by atoms with Gasteiger partial charge in [0.1, 0.15) is 11.0 Å². The Balaban J connectivity index is 1.84. The molecule has 2 aromatic heterocycles. The first-order valence-electron chi connectivity index (χ1n) is 11.3. The molecule has 31 heavy (non-hydrogen) atoms. The van der Waals surface area contributed by atoms with Crippen LogP contribution in [0.15, 0.2) is 24.3 Å². The molecule has 1 saturated carbocycles. The Hall–Kier alpha value is -2.87. The van der Waals surface area contributed by atoms with Crippen molar-refractivity contribution in [1.82, 2.24) is 19.7 Å². The van der Waals surface area contributed by atoms with E-state index in [0.717, 1.165) is 41.1 Å². The summed E-state index contributed by atoms with van der Waals surface area (Å²) in [6, 6.07) is 8.13. The van der Waals surface area contributed by atoms with Gasteiger partial charge in [-0.3, -0.25) is 4.68 Å². The van der Waals surface area contributed by atoms with Crippen molar-refractivity contribution in [1.29, 1.82) is 0 Å². The number of nitrogens with two attached hydrogens (primary N) is 2. The molecule has 3 aromatic rings. The molecule has 2 atom stereocenters. The average molecular weight is 423 g/mol. The van der Waals surface area contributed by atoms with Crippen molar-refractivity contribution in [2.75, 3.05) is 16.4 Å². The molecular formula is C23H34N8.